The summed E-state index contributed by atoms with van der Waals surface area (Å²) in [5.41, 5.74) is 0.340. The standard InChI is InChI=1S/C29H30F3N3O7S/c1-28(2,3)42-27(37)34-16-20(33-43(38,39)19-14-12-18(13-15-19)41-29(30,31)32)26(36)23(17-34)35-21-8-4-6-10-24(21)40-25-11-7-5-9-22(25)35/h4-15,20,23,26,33,36H,16-17H2,1-3H3/t20-,23-,26+/m0/s1. The Hall–Kier alpha value is -4.01. The normalized spacial score (nSPS) is 20.5. The number of nitrogens with one attached hydrogen (secondary N) is 1. The summed E-state index contributed by atoms with van der Waals surface area (Å²) in [5, 5.41) is 11.7. The molecule has 10 nitrogen and oxygen atoms in total. The number of rotatable bonds is 5. The fourth-order valence-corrected chi connectivity index (χ4v) is 6.26. The van der Waals surface area contributed by atoms with E-state index in [2.05, 4.69) is 9.46 Å². The van der Waals surface area contributed by atoms with Gasteiger partial charge in [-0.2, -0.15) is 0 Å². The monoisotopic (exact) mass is 621 g/mol. The van der Waals surface area contributed by atoms with Gasteiger partial charge in [0.1, 0.15) is 11.4 Å². The Kier molecular flexibility index (Phi) is 7.96. The maximum atomic E-state index is 13.4. The number of ether oxygens (including phenoxy) is 3. The summed E-state index contributed by atoms with van der Waals surface area (Å²) in [5.74, 6) is 0.409. The summed E-state index contributed by atoms with van der Waals surface area (Å²) < 4.78 is 82.4. The maximum Gasteiger partial charge on any atom is 0.573 e. The number of para-hydroxylation sites is 4. The minimum Gasteiger partial charge on any atom is -0.453 e. The number of sulfonamides is 1. The molecule has 2 N–H and O–H groups in total. The van der Waals surface area contributed by atoms with E-state index in [1.165, 1.54) is 4.90 Å². The summed E-state index contributed by atoms with van der Waals surface area (Å²) in [4.78, 5) is 16.0. The third kappa shape index (κ3) is 6.81. The molecule has 0 spiro atoms. The van der Waals surface area contributed by atoms with E-state index in [4.69, 9.17) is 9.47 Å². The number of likely N-dealkylation sites (tertiary alicyclic amines) is 1. The lowest BCUT2D eigenvalue weighted by Gasteiger charge is -2.48. The van der Waals surface area contributed by atoms with E-state index in [1.54, 1.807) is 74.2 Å². The number of hydrogen-bond acceptors (Lipinski definition) is 8. The van der Waals surface area contributed by atoms with Crippen molar-refractivity contribution in [1.82, 2.24) is 9.62 Å². The molecule has 5 rings (SSSR count). The number of piperidine rings is 1. The van der Waals surface area contributed by atoms with Crippen LogP contribution >= 0.6 is 0 Å². The van der Waals surface area contributed by atoms with E-state index in [9.17, 15) is 31.5 Å². The van der Waals surface area contributed by atoms with Gasteiger partial charge in [-0.3, -0.25) is 0 Å². The molecule has 3 aromatic carbocycles. The molecule has 0 aromatic heterocycles. The van der Waals surface area contributed by atoms with Crippen LogP contribution in [0.25, 0.3) is 0 Å². The molecule has 0 bridgehead atoms. The van der Waals surface area contributed by atoms with Crippen LogP contribution in [0.15, 0.2) is 77.7 Å². The highest BCUT2D eigenvalue weighted by molar-refractivity contribution is 7.89. The third-order valence-corrected chi connectivity index (χ3v) is 8.26. The molecule has 14 heteroatoms. The number of benzene rings is 3. The summed E-state index contributed by atoms with van der Waals surface area (Å²) >= 11 is 0. The average molecular weight is 622 g/mol. The van der Waals surface area contributed by atoms with Gasteiger partial charge in [0.25, 0.3) is 0 Å². The first kappa shape index (κ1) is 30.4. The van der Waals surface area contributed by atoms with Gasteiger partial charge < -0.3 is 29.1 Å². The van der Waals surface area contributed by atoms with E-state index in [1.807, 2.05) is 0 Å². The van der Waals surface area contributed by atoms with Crippen molar-refractivity contribution >= 4 is 27.5 Å². The van der Waals surface area contributed by atoms with Crippen molar-refractivity contribution in [3.63, 3.8) is 0 Å². The predicted octanol–water partition coefficient (Wildman–Crippen LogP) is 5.16. The number of anilines is 2. The molecule has 230 valence electrons. The van der Waals surface area contributed by atoms with Gasteiger partial charge >= 0.3 is 12.5 Å². The number of fused-ring (bicyclic) bond motifs is 2. The van der Waals surface area contributed by atoms with Crippen LogP contribution in [0.2, 0.25) is 0 Å². The van der Waals surface area contributed by atoms with Crippen molar-refractivity contribution in [1.29, 1.82) is 0 Å². The molecular formula is C29H30F3N3O7S. The van der Waals surface area contributed by atoms with E-state index >= 15 is 0 Å². The van der Waals surface area contributed by atoms with Gasteiger partial charge in [0.2, 0.25) is 10.0 Å². The molecule has 0 unspecified atom stereocenters. The van der Waals surface area contributed by atoms with Crippen LogP contribution in [0.4, 0.5) is 29.3 Å². The van der Waals surface area contributed by atoms with E-state index in [0.29, 0.717) is 22.9 Å². The lowest BCUT2D eigenvalue weighted by molar-refractivity contribution is -0.274. The van der Waals surface area contributed by atoms with Crippen molar-refractivity contribution < 1.29 is 45.7 Å². The zero-order valence-corrected chi connectivity index (χ0v) is 24.2. The summed E-state index contributed by atoms with van der Waals surface area (Å²) in [6.07, 6.45) is -7.01. The Morgan fingerprint density at radius 1 is 0.930 bits per heavy atom. The number of carbonyl (C=O) groups is 1. The van der Waals surface area contributed by atoms with Crippen molar-refractivity contribution in [2.75, 3.05) is 18.0 Å². The predicted molar refractivity (Wildman–Crippen MR) is 150 cm³/mol. The average Bonchev–Trinajstić information content (AvgIpc) is 2.91. The van der Waals surface area contributed by atoms with E-state index in [-0.39, 0.29) is 18.0 Å². The SMILES string of the molecule is CC(C)(C)OC(=O)N1C[C@H](NS(=O)(=O)c2ccc(OC(F)(F)F)cc2)[C@@H](O)[C@@H](N2c3ccccc3Oc3ccccc32)C1. The van der Waals surface area contributed by atoms with Gasteiger partial charge in [0.15, 0.2) is 11.5 Å². The third-order valence-electron chi connectivity index (χ3n) is 6.76. The van der Waals surface area contributed by atoms with Crippen molar-refractivity contribution in [2.45, 2.75) is 55.8 Å². The first-order valence-electron chi connectivity index (χ1n) is 13.3. The van der Waals surface area contributed by atoms with Gasteiger partial charge in [0, 0.05) is 13.1 Å². The van der Waals surface area contributed by atoms with E-state index < -0.39 is 52.0 Å². The molecule has 0 aliphatic carbocycles. The Bertz CT molecular complexity index is 1550. The highest BCUT2D eigenvalue weighted by Gasteiger charge is 2.45. The largest absolute Gasteiger partial charge is 0.573 e. The lowest BCUT2D eigenvalue weighted by Crippen LogP contribution is -2.66. The second-order valence-electron chi connectivity index (χ2n) is 11.1. The lowest BCUT2D eigenvalue weighted by atomic mass is 9.94. The molecule has 43 heavy (non-hydrogen) atoms. The van der Waals surface area contributed by atoms with Gasteiger partial charge in [-0.15, -0.1) is 13.2 Å². The molecule has 2 heterocycles. The maximum absolute atomic E-state index is 13.4. The summed E-state index contributed by atoms with van der Waals surface area (Å²) in [6, 6.07) is 15.8. The first-order chi connectivity index (χ1) is 20.1. The second kappa shape index (κ2) is 11.2. The van der Waals surface area contributed by atoms with Gasteiger partial charge in [0.05, 0.1) is 34.5 Å². The molecule has 2 aliphatic rings. The number of nitrogens with zero attached hydrogens (tertiary/aromatic N) is 2. The first-order valence-corrected chi connectivity index (χ1v) is 14.8. The zero-order chi connectivity index (χ0) is 31.2. The minimum absolute atomic E-state index is 0.0273. The summed E-state index contributed by atoms with van der Waals surface area (Å²) in [6.45, 7) is 4.82. The van der Waals surface area contributed by atoms with Crippen LogP contribution < -0.4 is 19.1 Å². The van der Waals surface area contributed by atoms with Crippen LogP contribution in [0.3, 0.4) is 0 Å². The molecule has 3 aromatic rings. The fraction of sp³-hybridized carbons (Fsp3) is 0.345. The zero-order valence-electron chi connectivity index (χ0n) is 23.4. The highest BCUT2D eigenvalue weighted by atomic mass is 32.2. The molecule has 0 saturated carbocycles. The Morgan fingerprint density at radius 3 is 2.02 bits per heavy atom. The topological polar surface area (TPSA) is 118 Å². The molecule has 0 radical (unpaired) electrons. The highest BCUT2D eigenvalue weighted by Crippen LogP contribution is 2.48. The molecule has 2 aliphatic heterocycles. The number of amides is 1. The number of alkyl halides is 3. The number of hydrogen-bond donors (Lipinski definition) is 2. The molecule has 3 atom stereocenters. The second-order valence-corrected chi connectivity index (χ2v) is 12.8. The van der Waals surface area contributed by atoms with E-state index in [0.717, 1.165) is 24.3 Å². The van der Waals surface area contributed by atoms with Crippen LogP contribution in [0.5, 0.6) is 17.2 Å². The van der Waals surface area contributed by atoms with Crippen LogP contribution in [-0.4, -0.2) is 67.8 Å². The number of halogens is 3. The number of aliphatic hydroxyl groups excluding tert-OH is 1. The molecule has 1 saturated heterocycles. The van der Waals surface area contributed by atoms with Crippen LogP contribution in [-0.2, 0) is 14.8 Å². The fourth-order valence-electron chi connectivity index (χ4n) is 5.02. The molecule has 1 amide bonds. The van der Waals surface area contributed by atoms with Gasteiger partial charge in [-0.25, -0.2) is 17.9 Å². The quantitative estimate of drug-likeness (QED) is 0.402. The molecule has 1 fully saturated rings. The van der Waals surface area contributed by atoms with Crippen molar-refractivity contribution in [2.24, 2.45) is 0 Å². The Balaban J connectivity index is 1.50. The van der Waals surface area contributed by atoms with Crippen LogP contribution in [0, 0.1) is 0 Å². The Morgan fingerprint density at radius 2 is 1.49 bits per heavy atom. The van der Waals surface area contributed by atoms with Gasteiger partial charge in [-0.1, -0.05) is 24.3 Å². The van der Waals surface area contributed by atoms with Crippen molar-refractivity contribution in [3.8, 4) is 17.2 Å². The van der Waals surface area contributed by atoms with Crippen LogP contribution in [0.1, 0.15) is 20.8 Å². The number of aliphatic hydroxyl groups is 1. The number of carbonyl (C=O) groups excluding carboxylic acids is 1. The minimum atomic E-state index is -4.94. The molecular weight excluding hydrogens is 591 g/mol. The Labute approximate surface area is 246 Å². The van der Waals surface area contributed by atoms with Crippen molar-refractivity contribution in [3.05, 3.63) is 72.8 Å². The van der Waals surface area contributed by atoms with Gasteiger partial charge in [-0.05, 0) is 69.3 Å². The summed E-state index contributed by atoms with van der Waals surface area (Å²) in [7, 11) is -4.38. The smallest absolute Gasteiger partial charge is 0.453 e.